The first kappa shape index (κ1) is 17.0. The Morgan fingerprint density at radius 3 is 2.76 bits per heavy atom. The van der Waals surface area contributed by atoms with Gasteiger partial charge in [0.15, 0.2) is 17.2 Å². The molecule has 0 fully saturated rings. The van der Waals surface area contributed by atoms with Crippen molar-refractivity contribution in [1.29, 1.82) is 0 Å². The maximum Gasteiger partial charge on any atom is 0.271 e. The summed E-state index contributed by atoms with van der Waals surface area (Å²) in [5.41, 5.74) is 1.34. The highest BCUT2D eigenvalue weighted by Gasteiger charge is 2.13. The molecule has 1 aliphatic heterocycles. The number of benzene rings is 1. The Morgan fingerprint density at radius 2 is 2.00 bits per heavy atom. The maximum absolute atomic E-state index is 11.9. The van der Waals surface area contributed by atoms with Crippen LogP contribution in [0.4, 0.5) is 5.82 Å². The van der Waals surface area contributed by atoms with Crippen molar-refractivity contribution in [3.05, 3.63) is 41.6 Å². The molecule has 0 radical (unpaired) electrons. The van der Waals surface area contributed by atoms with Crippen molar-refractivity contribution in [2.75, 3.05) is 39.3 Å². The van der Waals surface area contributed by atoms with Crippen LogP contribution in [0.1, 0.15) is 16.1 Å². The van der Waals surface area contributed by atoms with E-state index in [2.05, 4.69) is 20.8 Å². The highest BCUT2D eigenvalue weighted by molar-refractivity contribution is 5.92. The van der Waals surface area contributed by atoms with E-state index < -0.39 is 0 Å². The number of likely N-dealkylation sites (N-methyl/N-ethyl adjacent to an activating group) is 1. The smallest absolute Gasteiger partial charge is 0.271 e. The fourth-order valence-corrected chi connectivity index (χ4v) is 2.27. The van der Waals surface area contributed by atoms with Gasteiger partial charge in [0.2, 0.25) is 6.79 Å². The molecule has 0 saturated carbocycles. The lowest BCUT2D eigenvalue weighted by Crippen LogP contribution is -2.31. The second-order valence-corrected chi connectivity index (χ2v) is 5.90. The van der Waals surface area contributed by atoms with Gasteiger partial charge < -0.3 is 25.0 Å². The Morgan fingerprint density at radius 1 is 1.16 bits per heavy atom. The number of rotatable bonds is 7. The second-order valence-electron chi connectivity index (χ2n) is 5.90. The van der Waals surface area contributed by atoms with Gasteiger partial charge in [0, 0.05) is 19.6 Å². The number of hydrogen-bond acceptors (Lipinski definition) is 7. The zero-order chi connectivity index (χ0) is 17.6. The van der Waals surface area contributed by atoms with Crippen LogP contribution in [0.2, 0.25) is 0 Å². The first-order chi connectivity index (χ1) is 12.1. The van der Waals surface area contributed by atoms with E-state index in [1.54, 1.807) is 12.1 Å². The fourth-order valence-electron chi connectivity index (χ4n) is 2.27. The van der Waals surface area contributed by atoms with Crippen LogP contribution in [0.5, 0.6) is 11.5 Å². The van der Waals surface area contributed by atoms with Crippen molar-refractivity contribution in [2.24, 2.45) is 0 Å². The predicted octanol–water partition coefficient (Wildman–Crippen LogP) is 1.11. The van der Waals surface area contributed by atoms with Crippen molar-refractivity contribution in [3.8, 4) is 11.5 Å². The number of aromatic nitrogens is 2. The lowest BCUT2D eigenvalue weighted by Gasteiger charge is -2.10. The minimum absolute atomic E-state index is 0.225. The normalized spacial score (nSPS) is 12.3. The van der Waals surface area contributed by atoms with E-state index in [4.69, 9.17) is 9.47 Å². The van der Waals surface area contributed by atoms with Crippen LogP contribution in [0.15, 0.2) is 30.3 Å². The summed E-state index contributed by atoms with van der Waals surface area (Å²) < 4.78 is 10.6. The molecule has 0 atom stereocenters. The second kappa shape index (κ2) is 7.80. The van der Waals surface area contributed by atoms with E-state index in [0.717, 1.165) is 23.6 Å². The zero-order valence-corrected chi connectivity index (χ0v) is 14.3. The molecule has 8 heteroatoms. The summed E-state index contributed by atoms with van der Waals surface area (Å²) in [5, 5.41) is 14.0. The Hall–Kier alpha value is -2.87. The van der Waals surface area contributed by atoms with E-state index in [9.17, 15) is 4.79 Å². The molecule has 0 unspecified atom stereocenters. The van der Waals surface area contributed by atoms with Gasteiger partial charge in [-0.2, -0.15) is 0 Å². The Balaban J connectivity index is 1.51. The monoisotopic (exact) mass is 343 g/mol. The SMILES string of the molecule is CN(C)CCNC(=O)c1ccc(NCc2ccc3c(c2)OCO3)nn1. The van der Waals surface area contributed by atoms with Gasteiger partial charge in [0.1, 0.15) is 5.82 Å². The Labute approximate surface area is 146 Å². The number of nitrogens with one attached hydrogen (secondary N) is 2. The van der Waals surface area contributed by atoms with Crippen LogP contribution in [0.25, 0.3) is 0 Å². The summed E-state index contributed by atoms with van der Waals surface area (Å²) in [6, 6.07) is 9.16. The number of anilines is 1. The number of amides is 1. The standard InChI is InChI=1S/C17H21N5O3/c1-22(2)8-7-18-17(23)13-4-6-16(21-20-13)19-10-12-3-5-14-15(9-12)25-11-24-14/h3-6,9H,7-8,10-11H2,1-2H3,(H,18,23)(H,19,21). The van der Waals surface area contributed by atoms with Crippen LogP contribution in [-0.2, 0) is 6.54 Å². The lowest BCUT2D eigenvalue weighted by atomic mass is 10.2. The molecule has 0 saturated heterocycles. The van der Waals surface area contributed by atoms with Crippen molar-refractivity contribution < 1.29 is 14.3 Å². The largest absolute Gasteiger partial charge is 0.454 e. The number of carbonyl (C=O) groups excluding carboxylic acids is 1. The number of nitrogens with zero attached hydrogens (tertiary/aromatic N) is 3. The summed E-state index contributed by atoms with van der Waals surface area (Å²) in [7, 11) is 3.90. The molecule has 2 heterocycles. The lowest BCUT2D eigenvalue weighted by molar-refractivity contribution is 0.0945. The molecule has 0 bridgehead atoms. The van der Waals surface area contributed by atoms with Gasteiger partial charge in [0.05, 0.1) is 0 Å². The molecule has 0 spiro atoms. The predicted molar refractivity (Wildman–Crippen MR) is 92.8 cm³/mol. The van der Waals surface area contributed by atoms with Crippen molar-refractivity contribution in [2.45, 2.75) is 6.54 Å². The van der Waals surface area contributed by atoms with Crippen molar-refractivity contribution in [3.63, 3.8) is 0 Å². The number of fused-ring (bicyclic) bond motifs is 1. The Kier molecular flexibility index (Phi) is 5.30. The van der Waals surface area contributed by atoms with E-state index in [1.807, 2.05) is 37.2 Å². The van der Waals surface area contributed by atoms with Crippen molar-refractivity contribution >= 4 is 11.7 Å². The van der Waals surface area contributed by atoms with E-state index >= 15 is 0 Å². The van der Waals surface area contributed by atoms with Crippen LogP contribution in [0, 0.1) is 0 Å². The van der Waals surface area contributed by atoms with E-state index in [1.165, 1.54) is 0 Å². The molecule has 132 valence electrons. The van der Waals surface area contributed by atoms with Crippen LogP contribution >= 0.6 is 0 Å². The quantitative estimate of drug-likeness (QED) is 0.778. The molecule has 2 N–H and O–H groups in total. The molecule has 3 rings (SSSR count). The summed E-state index contributed by atoms with van der Waals surface area (Å²) in [6.07, 6.45) is 0. The molecular formula is C17H21N5O3. The minimum atomic E-state index is -0.225. The minimum Gasteiger partial charge on any atom is -0.454 e. The molecular weight excluding hydrogens is 322 g/mol. The topological polar surface area (TPSA) is 88.6 Å². The third kappa shape index (κ3) is 4.57. The van der Waals surface area contributed by atoms with E-state index in [0.29, 0.717) is 24.6 Å². The van der Waals surface area contributed by atoms with Gasteiger partial charge >= 0.3 is 0 Å². The van der Waals surface area contributed by atoms with Gasteiger partial charge in [-0.1, -0.05) is 6.07 Å². The van der Waals surface area contributed by atoms with Gasteiger partial charge in [-0.05, 0) is 43.9 Å². The molecule has 0 aliphatic carbocycles. The van der Waals surface area contributed by atoms with Gasteiger partial charge in [0.25, 0.3) is 5.91 Å². The van der Waals surface area contributed by atoms with Gasteiger partial charge in [-0.25, -0.2) is 0 Å². The zero-order valence-electron chi connectivity index (χ0n) is 14.3. The third-order valence-electron chi connectivity index (χ3n) is 3.65. The van der Waals surface area contributed by atoms with Crippen molar-refractivity contribution in [1.82, 2.24) is 20.4 Å². The van der Waals surface area contributed by atoms with Gasteiger partial charge in [-0.3, -0.25) is 4.79 Å². The molecule has 2 aromatic rings. The molecule has 1 amide bonds. The molecule has 1 aromatic heterocycles. The number of carbonyl (C=O) groups is 1. The summed E-state index contributed by atoms with van der Waals surface area (Å²) in [5.74, 6) is 1.88. The highest BCUT2D eigenvalue weighted by atomic mass is 16.7. The van der Waals surface area contributed by atoms with Crippen LogP contribution in [-0.4, -0.2) is 55.0 Å². The average molecular weight is 343 g/mol. The summed E-state index contributed by atoms with van der Waals surface area (Å²) in [6.45, 7) is 2.17. The first-order valence-electron chi connectivity index (χ1n) is 8.01. The highest BCUT2D eigenvalue weighted by Crippen LogP contribution is 2.32. The fraction of sp³-hybridized carbons (Fsp3) is 0.353. The maximum atomic E-state index is 11.9. The Bertz CT molecular complexity index is 734. The van der Waals surface area contributed by atoms with E-state index in [-0.39, 0.29) is 12.7 Å². The summed E-state index contributed by atoms with van der Waals surface area (Å²) >= 11 is 0. The number of ether oxygens (including phenoxy) is 2. The summed E-state index contributed by atoms with van der Waals surface area (Å²) in [4.78, 5) is 13.9. The third-order valence-corrected chi connectivity index (χ3v) is 3.65. The van der Waals surface area contributed by atoms with Gasteiger partial charge in [-0.15, -0.1) is 10.2 Å². The number of hydrogen-bond donors (Lipinski definition) is 2. The molecule has 1 aliphatic rings. The molecule has 1 aromatic carbocycles. The average Bonchev–Trinajstić information content (AvgIpc) is 3.07. The van der Waals surface area contributed by atoms with Crippen LogP contribution in [0.3, 0.4) is 0 Å². The molecule has 25 heavy (non-hydrogen) atoms. The molecule has 8 nitrogen and oxygen atoms in total. The van der Waals surface area contributed by atoms with Crippen LogP contribution < -0.4 is 20.1 Å². The first-order valence-corrected chi connectivity index (χ1v) is 8.01.